The molecular formula is C18H19FN2O3. The fraction of sp³-hybridized carbons (Fsp3) is 0.222. The van der Waals surface area contributed by atoms with Gasteiger partial charge in [0.15, 0.2) is 0 Å². The van der Waals surface area contributed by atoms with Gasteiger partial charge in [-0.3, -0.25) is 9.59 Å². The van der Waals surface area contributed by atoms with Crippen molar-refractivity contribution in [2.24, 2.45) is 0 Å². The lowest BCUT2D eigenvalue weighted by Crippen LogP contribution is -2.34. The molecule has 24 heavy (non-hydrogen) atoms. The van der Waals surface area contributed by atoms with Crippen LogP contribution in [0.15, 0.2) is 42.5 Å². The van der Waals surface area contributed by atoms with Crippen LogP contribution in [0.25, 0.3) is 0 Å². The Morgan fingerprint density at radius 1 is 0.958 bits per heavy atom. The third kappa shape index (κ3) is 4.55. The number of hydrogen-bond donors (Lipinski definition) is 2. The van der Waals surface area contributed by atoms with Crippen molar-refractivity contribution in [3.05, 3.63) is 65.0 Å². The van der Waals surface area contributed by atoms with Crippen molar-refractivity contribution in [1.29, 1.82) is 0 Å². The van der Waals surface area contributed by atoms with Crippen LogP contribution in [0.4, 0.5) is 4.39 Å². The van der Waals surface area contributed by atoms with Gasteiger partial charge < -0.3 is 15.4 Å². The molecule has 0 saturated heterocycles. The molecule has 2 aromatic carbocycles. The summed E-state index contributed by atoms with van der Waals surface area (Å²) in [6.45, 7) is 2.15. The molecule has 0 aromatic heterocycles. The van der Waals surface area contributed by atoms with E-state index in [0.29, 0.717) is 16.9 Å². The number of nitrogens with one attached hydrogen (secondary N) is 2. The molecule has 2 rings (SSSR count). The molecule has 0 aliphatic rings. The van der Waals surface area contributed by atoms with E-state index in [1.54, 1.807) is 50.4 Å². The molecule has 5 nitrogen and oxygen atoms in total. The zero-order valence-electron chi connectivity index (χ0n) is 13.6. The van der Waals surface area contributed by atoms with E-state index in [-0.39, 0.29) is 30.5 Å². The molecule has 126 valence electrons. The lowest BCUT2D eigenvalue weighted by atomic mass is 10.1. The number of carbonyl (C=O) groups excluding carboxylic acids is 2. The molecular weight excluding hydrogens is 311 g/mol. The fourth-order valence-corrected chi connectivity index (χ4v) is 2.03. The minimum absolute atomic E-state index is 0.242. The minimum Gasteiger partial charge on any atom is -0.497 e. The average Bonchev–Trinajstić information content (AvgIpc) is 2.60. The Hall–Kier alpha value is -2.89. The van der Waals surface area contributed by atoms with Crippen molar-refractivity contribution in [3.8, 4) is 5.75 Å². The highest BCUT2D eigenvalue weighted by Crippen LogP contribution is 2.11. The van der Waals surface area contributed by atoms with Crippen molar-refractivity contribution >= 4 is 11.8 Å². The topological polar surface area (TPSA) is 67.4 Å². The van der Waals surface area contributed by atoms with E-state index in [1.807, 2.05) is 0 Å². The molecule has 0 radical (unpaired) electrons. The summed E-state index contributed by atoms with van der Waals surface area (Å²) in [7, 11) is 1.55. The van der Waals surface area contributed by atoms with Gasteiger partial charge in [-0.25, -0.2) is 4.39 Å². The number of carbonyl (C=O) groups is 2. The zero-order valence-corrected chi connectivity index (χ0v) is 13.6. The fourth-order valence-electron chi connectivity index (χ4n) is 2.03. The molecule has 0 heterocycles. The highest BCUT2D eigenvalue weighted by molar-refractivity contribution is 5.95. The molecule has 0 fully saturated rings. The summed E-state index contributed by atoms with van der Waals surface area (Å²) >= 11 is 0. The van der Waals surface area contributed by atoms with Crippen molar-refractivity contribution < 1.29 is 18.7 Å². The van der Waals surface area contributed by atoms with E-state index >= 15 is 0 Å². The van der Waals surface area contributed by atoms with Crippen LogP contribution < -0.4 is 15.4 Å². The van der Waals surface area contributed by atoms with E-state index in [1.165, 1.54) is 6.07 Å². The molecule has 2 aromatic rings. The number of rotatable bonds is 6. The molecule has 2 N–H and O–H groups in total. The highest BCUT2D eigenvalue weighted by Gasteiger charge is 2.08. The summed E-state index contributed by atoms with van der Waals surface area (Å²) in [5, 5.41) is 5.33. The quantitative estimate of drug-likeness (QED) is 0.799. The maximum atomic E-state index is 13.4. The highest BCUT2D eigenvalue weighted by atomic mass is 19.1. The number of amides is 2. The van der Waals surface area contributed by atoms with Crippen LogP contribution in [0.1, 0.15) is 26.3 Å². The van der Waals surface area contributed by atoms with Gasteiger partial charge in [-0.2, -0.15) is 0 Å². The van der Waals surface area contributed by atoms with Gasteiger partial charge in [-0.05, 0) is 48.9 Å². The minimum atomic E-state index is -0.421. The second-order valence-corrected chi connectivity index (χ2v) is 5.20. The Morgan fingerprint density at radius 2 is 1.50 bits per heavy atom. The summed E-state index contributed by atoms with van der Waals surface area (Å²) in [6.07, 6.45) is 0. The van der Waals surface area contributed by atoms with Crippen molar-refractivity contribution in [2.45, 2.75) is 6.92 Å². The first-order chi connectivity index (χ1) is 11.5. The molecule has 0 aliphatic heterocycles. The summed E-state index contributed by atoms with van der Waals surface area (Å²) in [5.74, 6) is -0.375. The molecule has 0 spiro atoms. The number of hydrogen-bond acceptors (Lipinski definition) is 3. The molecule has 0 saturated carbocycles. The van der Waals surface area contributed by atoms with E-state index in [9.17, 15) is 14.0 Å². The van der Waals surface area contributed by atoms with Gasteiger partial charge in [0.2, 0.25) is 0 Å². The summed E-state index contributed by atoms with van der Waals surface area (Å²) in [6, 6.07) is 11.0. The van der Waals surface area contributed by atoms with E-state index in [2.05, 4.69) is 10.6 Å². The third-order valence-corrected chi connectivity index (χ3v) is 3.48. The lowest BCUT2D eigenvalue weighted by molar-refractivity contribution is 0.0927. The van der Waals surface area contributed by atoms with Crippen LogP contribution >= 0.6 is 0 Å². The third-order valence-electron chi connectivity index (χ3n) is 3.48. The van der Waals surface area contributed by atoms with Crippen LogP contribution in [0.5, 0.6) is 5.75 Å². The Labute approximate surface area is 139 Å². The standard InChI is InChI=1S/C18H19FN2O3/c1-12-3-4-14(11-16(12)19)18(23)21-10-9-20-17(22)13-5-7-15(24-2)8-6-13/h3-8,11H,9-10H2,1-2H3,(H,20,22)(H,21,23). The summed E-state index contributed by atoms with van der Waals surface area (Å²) in [5.41, 5.74) is 1.24. The van der Waals surface area contributed by atoms with Crippen LogP contribution in [0.3, 0.4) is 0 Å². The van der Waals surface area contributed by atoms with Gasteiger partial charge >= 0.3 is 0 Å². The molecule has 0 unspecified atom stereocenters. The van der Waals surface area contributed by atoms with Crippen LogP contribution in [0.2, 0.25) is 0 Å². The summed E-state index contributed by atoms with van der Waals surface area (Å²) in [4.78, 5) is 23.8. The van der Waals surface area contributed by atoms with Gasteiger partial charge in [0, 0.05) is 24.2 Å². The number of aryl methyl sites for hydroxylation is 1. The monoisotopic (exact) mass is 330 g/mol. The van der Waals surface area contributed by atoms with Crippen LogP contribution in [0, 0.1) is 12.7 Å². The second kappa shape index (κ2) is 8.10. The zero-order chi connectivity index (χ0) is 17.5. The van der Waals surface area contributed by atoms with Crippen LogP contribution in [-0.2, 0) is 0 Å². The van der Waals surface area contributed by atoms with Crippen molar-refractivity contribution in [1.82, 2.24) is 10.6 Å². The van der Waals surface area contributed by atoms with Crippen molar-refractivity contribution in [3.63, 3.8) is 0 Å². The SMILES string of the molecule is COc1ccc(C(=O)NCCNC(=O)c2ccc(C)c(F)c2)cc1. The summed E-state index contributed by atoms with van der Waals surface area (Å²) < 4.78 is 18.5. The molecule has 0 bridgehead atoms. The number of methoxy groups -OCH3 is 1. The average molecular weight is 330 g/mol. The predicted molar refractivity (Wildman–Crippen MR) is 88.8 cm³/mol. The molecule has 0 aliphatic carbocycles. The van der Waals surface area contributed by atoms with Crippen LogP contribution in [-0.4, -0.2) is 32.0 Å². The lowest BCUT2D eigenvalue weighted by Gasteiger charge is -2.08. The van der Waals surface area contributed by atoms with Gasteiger partial charge in [0.25, 0.3) is 11.8 Å². The Bertz CT molecular complexity index is 730. The van der Waals surface area contributed by atoms with E-state index < -0.39 is 5.82 Å². The smallest absolute Gasteiger partial charge is 0.251 e. The second-order valence-electron chi connectivity index (χ2n) is 5.20. The largest absolute Gasteiger partial charge is 0.497 e. The Balaban J connectivity index is 1.78. The van der Waals surface area contributed by atoms with E-state index in [0.717, 1.165) is 0 Å². The van der Waals surface area contributed by atoms with Gasteiger partial charge in [0.05, 0.1) is 7.11 Å². The maximum absolute atomic E-state index is 13.4. The Kier molecular flexibility index (Phi) is 5.89. The first-order valence-electron chi connectivity index (χ1n) is 7.48. The van der Waals surface area contributed by atoms with Gasteiger partial charge in [0.1, 0.15) is 11.6 Å². The molecule has 0 atom stereocenters. The van der Waals surface area contributed by atoms with Crippen molar-refractivity contribution in [2.75, 3.05) is 20.2 Å². The predicted octanol–water partition coefficient (Wildman–Crippen LogP) is 2.30. The first-order valence-corrected chi connectivity index (χ1v) is 7.48. The van der Waals surface area contributed by atoms with Gasteiger partial charge in [-0.1, -0.05) is 6.07 Å². The molecule has 6 heteroatoms. The number of benzene rings is 2. The van der Waals surface area contributed by atoms with Gasteiger partial charge in [-0.15, -0.1) is 0 Å². The molecule has 2 amide bonds. The number of ether oxygens (including phenoxy) is 1. The normalized spacial score (nSPS) is 10.1. The number of halogens is 1. The Morgan fingerprint density at radius 3 is 2.04 bits per heavy atom. The van der Waals surface area contributed by atoms with E-state index in [4.69, 9.17) is 4.74 Å². The first kappa shape index (κ1) is 17.5. The maximum Gasteiger partial charge on any atom is 0.251 e.